The maximum absolute atomic E-state index is 13.1. The van der Waals surface area contributed by atoms with Crippen molar-refractivity contribution in [1.82, 2.24) is 0 Å². The average Bonchev–Trinajstić information content (AvgIpc) is 1.07. The van der Waals surface area contributed by atoms with Crippen molar-refractivity contribution < 1.29 is 80.2 Å². The van der Waals surface area contributed by atoms with Gasteiger partial charge in [-0.3, -0.25) is 37.3 Å². The van der Waals surface area contributed by atoms with Crippen LogP contribution in [0.4, 0.5) is 0 Å². The van der Waals surface area contributed by atoms with E-state index < -0.39 is 97.5 Å². The van der Waals surface area contributed by atoms with Crippen LogP contribution >= 0.6 is 15.6 Å². The molecule has 0 aromatic carbocycles. The number of hydrogen-bond acceptors (Lipinski definition) is 15. The summed E-state index contributed by atoms with van der Waals surface area (Å²) in [5.41, 5.74) is 0. The third kappa shape index (κ3) is 72.8. The first-order chi connectivity index (χ1) is 47.6. The quantitative estimate of drug-likeness (QED) is 0.0222. The lowest BCUT2D eigenvalue weighted by molar-refractivity contribution is -0.161. The lowest BCUT2D eigenvalue weighted by atomic mass is 9.99. The van der Waals surface area contributed by atoms with Crippen molar-refractivity contribution in [3.63, 3.8) is 0 Å². The summed E-state index contributed by atoms with van der Waals surface area (Å²) in [6.45, 7) is 14.3. The van der Waals surface area contributed by atoms with Gasteiger partial charge in [-0.2, -0.15) is 0 Å². The molecule has 0 amide bonds. The molecule has 0 aromatic heterocycles. The Morgan fingerprint density at radius 3 is 0.717 bits per heavy atom. The first-order valence-corrected chi connectivity index (χ1v) is 44.2. The first kappa shape index (κ1) is 97.1. The molecule has 19 heteroatoms. The number of rotatable bonds is 77. The van der Waals surface area contributed by atoms with Crippen LogP contribution in [0.3, 0.4) is 0 Å². The lowest BCUT2D eigenvalue weighted by Gasteiger charge is -2.21. The Labute approximate surface area is 607 Å². The van der Waals surface area contributed by atoms with Gasteiger partial charge in [0.25, 0.3) is 0 Å². The van der Waals surface area contributed by atoms with Crippen molar-refractivity contribution in [1.29, 1.82) is 0 Å². The molecule has 0 aliphatic carbocycles. The summed E-state index contributed by atoms with van der Waals surface area (Å²) in [6.07, 6.45) is 55.5. The Balaban J connectivity index is 5.25. The van der Waals surface area contributed by atoms with Crippen LogP contribution in [0, 0.1) is 23.7 Å². The van der Waals surface area contributed by atoms with Crippen LogP contribution in [0.5, 0.6) is 0 Å². The van der Waals surface area contributed by atoms with E-state index in [-0.39, 0.29) is 25.7 Å². The van der Waals surface area contributed by atoms with E-state index in [2.05, 4.69) is 55.4 Å². The maximum atomic E-state index is 13.1. The molecule has 0 spiro atoms. The number of aliphatic hydroxyl groups is 1. The van der Waals surface area contributed by atoms with E-state index in [1.807, 2.05) is 0 Å². The number of aliphatic hydroxyl groups excluding tert-OH is 1. The Morgan fingerprint density at radius 1 is 0.283 bits per heavy atom. The van der Waals surface area contributed by atoms with Crippen LogP contribution in [-0.4, -0.2) is 96.7 Å². The van der Waals surface area contributed by atoms with Crippen molar-refractivity contribution in [2.45, 2.75) is 427 Å². The molecule has 0 fully saturated rings. The number of esters is 4. The van der Waals surface area contributed by atoms with Crippen molar-refractivity contribution in [2.75, 3.05) is 39.6 Å². The number of hydrogen-bond donors (Lipinski definition) is 3. The third-order valence-corrected chi connectivity index (χ3v) is 20.8. The molecular weight excluding hydrogens is 1290 g/mol. The molecule has 3 N–H and O–H groups in total. The van der Waals surface area contributed by atoms with Crippen LogP contribution < -0.4 is 0 Å². The van der Waals surface area contributed by atoms with E-state index >= 15 is 0 Å². The predicted molar refractivity (Wildman–Crippen MR) is 404 cm³/mol. The smallest absolute Gasteiger partial charge is 0.462 e. The molecule has 0 aromatic rings. The van der Waals surface area contributed by atoms with Crippen molar-refractivity contribution in [3.05, 3.63) is 0 Å². The SMILES string of the molecule is CCC(C)CCCCCCCCCCCCCCCCC(=O)O[C@H](COC(=O)CCCCCCCCCCCCCCCCCC(C)C)COP(=O)(O)OCC(O)COP(=O)(O)OC[C@@H](COC(=O)CCCCCCCCCC(C)C)OC(=O)CCCCCCCCCCCCC(C)C. The minimum Gasteiger partial charge on any atom is -0.462 e. The zero-order valence-corrected chi connectivity index (χ0v) is 66.9. The van der Waals surface area contributed by atoms with Gasteiger partial charge >= 0.3 is 39.5 Å². The molecular formula is C80H156O17P2. The zero-order chi connectivity index (χ0) is 73.1. The van der Waals surface area contributed by atoms with Crippen LogP contribution in [0.1, 0.15) is 409 Å². The molecule has 0 radical (unpaired) electrons. The molecule has 17 nitrogen and oxygen atoms in total. The number of phosphoric ester groups is 2. The Morgan fingerprint density at radius 2 is 0.485 bits per heavy atom. The van der Waals surface area contributed by atoms with E-state index in [9.17, 15) is 43.2 Å². The van der Waals surface area contributed by atoms with Gasteiger partial charge in [0.2, 0.25) is 0 Å². The normalized spacial score (nSPS) is 14.3. The second kappa shape index (κ2) is 69.1. The fourth-order valence-corrected chi connectivity index (χ4v) is 13.8. The maximum Gasteiger partial charge on any atom is 0.472 e. The standard InChI is InChI=1S/C80H156O17P2/c1-9-73(8)59-51-43-35-27-20-16-13-14-18-22-29-37-46-54-62-79(84)96-75(66-90-77(82)60-52-44-36-28-21-17-12-10-11-15-19-25-32-40-48-56-70(2)3)68-94-98(86,87)92-64-74(81)65-93-99(88,89)95-69-76(67-91-78(83)61-53-45-39-31-34-42-50-58-72(6)7)97-80(85)63-55-47-38-30-24-23-26-33-41-49-57-71(4)5/h70-76,81H,9-69H2,1-8H3,(H,86,87)(H,88,89)/t73?,74?,75-,76-/m1/s1. The number of carbonyl (C=O) groups excluding carboxylic acids is 4. The second-order valence-electron chi connectivity index (χ2n) is 30.5. The number of phosphoric acid groups is 2. The topological polar surface area (TPSA) is 237 Å². The highest BCUT2D eigenvalue weighted by atomic mass is 31.2. The Hall–Kier alpha value is -1.94. The van der Waals surface area contributed by atoms with E-state index in [0.717, 1.165) is 114 Å². The van der Waals surface area contributed by atoms with Gasteiger partial charge in [-0.05, 0) is 49.4 Å². The number of ether oxygens (including phenoxy) is 4. The highest BCUT2D eigenvalue weighted by molar-refractivity contribution is 7.47. The highest BCUT2D eigenvalue weighted by Gasteiger charge is 2.30. The summed E-state index contributed by atoms with van der Waals surface area (Å²) in [4.78, 5) is 73.0. The molecule has 0 aliphatic heterocycles. The first-order valence-electron chi connectivity index (χ1n) is 41.2. The van der Waals surface area contributed by atoms with E-state index in [0.29, 0.717) is 31.6 Å². The number of unbranched alkanes of at least 4 members (excludes halogenated alkanes) is 42. The molecule has 99 heavy (non-hydrogen) atoms. The second-order valence-corrected chi connectivity index (χ2v) is 33.4. The van der Waals surface area contributed by atoms with Gasteiger partial charge in [0, 0.05) is 25.7 Å². The molecule has 0 saturated carbocycles. The van der Waals surface area contributed by atoms with E-state index in [1.54, 1.807) is 0 Å². The van der Waals surface area contributed by atoms with Gasteiger partial charge in [0.05, 0.1) is 26.4 Å². The molecule has 0 aliphatic rings. The van der Waals surface area contributed by atoms with Crippen LogP contribution in [0.2, 0.25) is 0 Å². The third-order valence-electron chi connectivity index (χ3n) is 18.9. The van der Waals surface area contributed by atoms with E-state index in [1.165, 1.54) is 205 Å². The average molecular weight is 1450 g/mol. The highest BCUT2D eigenvalue weighted by Crippen LogP contribution is 2.45. The molecule has 588 valence electrons. The molecule has 6 atom stereocenters. The minimum absolute atomic E-state index is 0.105. The largest absolute Gasteiger partial charge is 0.472 e. The molecule has 0 rings (SSSR count). The fraction of sp³-hybridized carbons (Fsp3) is 0.950. The molecule has 0 heterocycles. The van der Waals surface area contributed by atoms with Gasteiger partial charge < -0.3 is 33.8 Å². The van der Waals surface area contributed by atoms with Crippen LogP contribution in [0.15, 0.2) is 0 Å². The van der Waals surface area contributed by atoms with Gasteiger partial charge in [-0.15, -0.1) is 0 Å². The summed E-state index contributed by atoms with van der Waals surface area (Å²) < 4.78 is 68.7. The lowest BCUT2D eigenvalue weighted by Crippen LogP contribution is -2.30. The van der Waals surface area contributed by atoms with Gasteiger partial charge in [0.1, 0.15) is 19.3 Å². The summed E-state index contributed by atoms with van der Waals surface area (Å²) in [5, 5.41) is 10.6. The van der Waals surface area contributed by atoms with E-state index in [4.69, 9.17) is 37.0 Å². The van der Waals surface area contributed by atoms with Crippen molar-refractivity contribution in [2.24, 2.45) is 23.7 Å². The van der Waals surface area contributed by atoms with Crippen LogP contribution in [-0.2, 0) is 65.4 Å². The van der Waals surface area contributed by atoms with Crippen molar-refractivity contribution in [3.8, 4) is 0 Å². The van der Waals surface area contributed by atoms with Gasteiger partial charge in [-0.1, -0.05) is 357 Å². The summed E-state index contributed by atoms with van der Waals surface area (Å²) in [7, 11) is -9.92. The Kier molecular flexibility index (Phi) is 67.8. The molecule has 0 saturated heterocycles. The monoisotopic (exact) mass is 1450 g/mol. The van der Waals surface area contributed by atoms with Gasteiger partial charge in [-0.25, -0.2) is 9.13 Å². The zero-order valence-electron chi connectivity index (χ0n) is 65.1. The Bertz CT molecular complexity index is 1940. The summed E-state index contributed by atoms with van der Waals surface area (Å²) in [6, 6.07) is 0. The summed E-state index contributed by atoms with van der Waals surface area (Å²) in [5.74, 6) is 0.993. The predicted octanol–water partition coefficient (Wildman–Crippen LogP) is 23.6. The minimum atomic E-state index is -4.96. The van der Waals surface area contributed by atoms with Crippen molar-refractivity contribution >= 4 is 39.5 Å². The van der Waals surface area contributed by atoms with Gasteiger partial charge in [0.15, 0.2) is 12.2 Å². The van der Waals surface area contributed by atoms with Crippen LogP contribution in [0.25, 0.3) is 0 Å². The number of carbonyl (C=O) groups is 4. The summed E-state index contributed by atoms with van der Waals surface area (Å²) >= 11 is 0. The fourth-order valence-electron chi connectivity index (χ4n) is 12.2. The molecule has 0 bridgehead atoms. The molecule has 4 unspecified atom stereocenters.